The Kier molecular flexibility index (Phi) is 5.19. The first-order valence-corrected chi connectivity index (χ1v) is 15.0. The smallest absolute Gasteiger partial charge is 0.282 e. The number of aromatic nitrogens is 5. The average Bonchev–Trinajstić information content (AvgIpc) is 3.90. The van der Waals surface area contributed by atoms with Crippen molar-refractivity contribution in [3.63, 3.8) is 0 Å². The standard InChI is InChI=1S/C28H31F2N7O2S/c1-36-22(9-17(35-36)24(29)30)33-26-34-31-13-37(26)14-2-3-19-15(8-14)23(25(39)32-21-12-28(21)6-7-28)20(40-19)10-18(38)16-11-27(16)4-5-27/h9,13-14,16,21,24H,2-8,10-12H2,1H3,(H,32,39)(H,33,34)/t14-,16+,21?/m0/s1. The number of amides is 1. The van der Waals surface area contributed by atoms with Crippen LogP contribution in [0.1, 0.15) is 88.8 Å². The van der Waals surface area contributed by atoms with Crippen LogP contribution in [0.3, 0.4) is 0 Å². The molecule has 5 aliphatic rings. The number of halogens is 2. The number of thiophene rings is 1. The van der Waals surface area contributed by atoms with Gasteiger partial charge in [0.25, 0.3) is 12.3 Å². The van der Waals surface area contributed by atoms with Crippen molar-refractivity contribution in [3.8, 4) is 0 Å². The lowest BCUT2D eigenvalue weighted by Gasteiger charge is -2.25. The molecule has 2 spiro atoms. The Morgan fingerprint density at radius 1 is 1.20 bits per heavy atom. The van der Waals surface area contributed by atoms with Crippen molar-refractivity contribution in [3.05, 3.63) is 39.0 Å². The third kappa shape index (κ3) is 4.01. The van der Waals surface area contributed by atoms with Crippen LogP contribution < -0.4 is 10.6 Å². The molecule has 1 amide bonds. The SMILES string of the molecule is Cn1nc(C(F)F)cc1Nc1nncn1[C@H]1CCc2sc(CC(=O)[C@H]3CC34CC4)c(C(=O)NC3CC34CC4)c2C1. The average molecular weight is 568 g/mol. The first kappa shape index (κ1) is 24.6. The number of ketones is 1. The molecule has 12 heteroatoms. The molecule has 9 nitrogen and oxygen atoms in total. The van der Waals surface area contributed by atoms with Crippen molar-refractivity contribution in [2.75, 3.05) is 5.32 Å². The summed E-state index contributed by atoms with van der Waals surface area (Å²) in [5.74, 6) is 1.26. The molecule has 5 aliphatic carbocycles. The molecule has 3 atom stereocenters. The summed E-state index contributed by atoms with van der Waals surface area (Å²) in [5.41, 5.74) is 2.08. The fraction of sp³-hybridized carbons (Fsp3) is 0.607. The summed E-state index contributed by atoms with van der Waals surface area (Å²) in [4.78, 5) is 29.0. The molecule has 2 N–H and O–H groups in total. The third-order valence-electron chi connectivity index (χ3n) is 10.1. The van der Waals surface area contributed by atoms with Crippen molar-refractivity contribution in [1.82, 2.24) is 29.9 Å². The lowest BCUT2D eigenvalue weighted by Crippen LogP contribution is -2.30. The van der Waals surface area contributed by atoms with Crippen LogP contribution in [-0.2, 0) is 31.1 Å². The summed E-state index contributed by atoms with van der Waals surface area (Å²) < 4.78 is 29.6. The van der Waals surface area contributed by atoms with Gasteiger partial charge < -0.3 is 10.6 Å². The van der Waals surface area contributed by atoms with Crippen LogP contribution in [-0.4, -0.2) is 42.3 Å². The van der Waals surface area contributed by atoms with Crippen LogP contribution >= 0.6 is 11.3 Å². The zero-order chi connectivity index (χ0) is 27.4. The highest BCUT2D eigenvalue weighted by Crippen LogP contribution is 2.71. The maximum absolute atomic E-state index is 13.7. The molecular formula is C28H31F2N7O2S. The van der Waals surface area contributed by atoms with Gasteiger partial charge in [0.05, 0.1) is 5.56 Å². The highest BCUT2D eigenvalue weighted by Gasteiger charge is 2.65. The van der Waals surface area contributed by atoms with E-state index in [-0.39, 0.29) is 35.4 Å². The summed E-state index contributed by atoms with van der Waals surface area (Å²) in [5, 5.41) is 18.6. The molecule has 40 heavy (non-hydrogen) atoms. The molecule has 8 rings (SSSR count). The summed E-state index contributed by atoms with van der Waals surface area (Å²) in [6, 6.07) is 1.54. The fourth-order valence-corrected chi connectivity index (χ4v) is 8.33. The summed E-state index contributed by atoms with van der Waals surface area (Å²) >= 11 is 1.64. The van der Waals surface area contributed by atoms with Gasteiger partial charge in [-0.3, -0.25) is 18.8 Å². The molecule has 0 aliphatic heterocycles. The molecule has 0 aromatic carbocycles. The highest BCUT2D eigenvalue weighted by molar-refractivity contribution is 7.12. The Labute approximate surface area is 233 Å². The number of nitrogens with one attached hydrogen (secondary N) is 2. The van der Waals surface area contributed by atoms with E-state index in [1.165, 1.54) is 41.3 Å². The topological polar surface area (TPSA) is 107 Å². The van der Waals surface area contributed by atoms with Gasteiger partial charge in [0, 0.05) is 47.3 Å². The second-order valence-electron chi connectivity index (χ2n) is 12.6. The predicted molar refractivity (Wildman–Crippen MR) is 143 cm³/mol. The fourth-order valence-electron chi connectivity index (χ4n) is 6.97. The number of hydrogen-bond donors (Lipinski definition) is 2. The van der Waals surface area contributed by atoms with E-state index in [0.717, 1.165) is 36.1 Å². The largest absolute Gasteiger partial charge is 0.349 e. The minimum Gasteiger partial charge on any atom is -0.349 e. The van der Waals surface area contributed by atoms with Gasteiger partial charge in [0.15, 0.2) is 0 Å². The van der Waals surface area contributed by atoms with Crippen LogP contribution in [0.15, 0.2) is 12.4 Å². The summed E-state index contributed by atoms with van der Waals surface area (Å²) in [6.07, 6.45) is 8.34. The Hall–Kier alpha value is -3.15. The molecule has 0 saturated heterocycles. The van der Waals surface area contributed by atoms with Crippen LogP contribution in [0.4, 0.5) is 20.5 Å². The zero-order valence-corrected chi connectivity index (χ0v) is 23.1. The first-order chi connectivity index (χ1) is 19.3. The molecular weight excluding hydrogens is 536 g/mol. The van der Waals surface area contributed by atoms with E-state index < -0.39 is 6.43 Å². The zero-order valence-electron chi connectivity index (χ0n) is 22.3. The quantitative estimate of drug-likeness (QED) is 0.389. The maximum Gasteiger partial charge on any atom is 0.282 e. The second-order valence-corrected chi connectivity index (χ2v) is 13.8. The van der Waals surface area contributed by atoms with Crippen LogP contribution in [0, 0.1) is 16.7 Å². The molecule has 3 aromatic rings. The van der Waals surface area contributed by atoms with Crippen molar-refractivity contribution in [2.24, 2.45) is 23.8 Å². The first-order valence-electron chi connectivity index (χ1n) is 14.2. The monoisotopic (exact) mass is 567 g/mol. The van der Waals surface area contributed by atoms with E-state index in [4.69, 9.17) is 0 Å². The number of Topliss-reactive ketones (excluding diaryl/α,β-unsaturated/α-hetero) is 1. The number of carbonyl (C=O) groups is 2. The molecule has 0 radical (unpaired) electrons. The molecule has 210 valence electrons. The number of aryl methyl sites for hydroxylation is 2. The third-order valence-corrected chi connectivity index (χ3v) is 11.3. The maximum atomic E-state index is 13.7. The second kappa shape index (κ2) is 8.43. The van der Waals surface area contributed by atoms with Gasteiger partial charge >= 0.3 is 0 Å². The van der Waals surface area contributed by atoms with Crippen molar-refractivity contribution < 1.29 is 18.4 Å². The number of rotatable bonds is 9. The number of fused-ring (bicyclic) bond motifs is 1. The lowest BCUT2D eigenvalue weighted by atomic mass is 9.89. The molecule has 4 saturated carbocycles. The number of alkyl halides is 2. The molecule has 3 aromatic heterocycles. The summed E-state index contributed by atoms with van der Waals surface area (Å²) in [6.45, 7) is 0. The van der Waals surface area contributed by atoms with Crippen molar-refractivity contribution in [1.29, 1.82) is 0 Å². The predicted octanol–water partition coefficient (Wildman–Crippen LogP) is 4.68. The van der Waals surface area contributed by atoms with Gasteiger partial charge in [0.2, 0.25) is 5.95 Å². The number of hydrogen-bond acceptors (Lipinski definition) is 7. The van der Waals surface area contributed by atoms with Crippen LogP contribution in [0.5, 0.6) is 0 Å². The van der Waals surface area contributed by atoms with Gasteiger partial charge in [-0.1, -0.05) is 0 Å². The molecule has 4 fully saturated rings. The Bertz CT molecular complexity index is 1550. The Balaban J connectivity index is 1.07. The highest BCUT2D eigenvalue weighted by atomic mass is 32.1. The Morgan fingerprint density at radius 2 is 2.00 bits per heavy atom. The Morgan fingerprint density at radius 3 is 2.67 bits per heavy atom. The summed E-state index contributed by atoms with van der Waals surface area (Å²) in [7, 11) is 1.60. The van der Waals surface area contributed by atoms with E-state index >= 15 is 0 Å². The van der Waals surface area contributed by atoms with Gasteiger partial charge in [-0.25, -0.2) is 8.78 Å². The van der Waals surface area contributed by atoms with Crippen LogP contribution in [0.25, 0.3) is 0 Å². The van der Waals surface area contributed by atoms with Gasteiger partial charge in [-0.05, 0) is 74.2 Å². The van der Waals surface area contributed by atoms with Gasteiger partial charge in [-0.15, -0.1) is 21.5 Å². The van der Waals surface area contributed by atoms with E-state index in [9.17, 15) is 18.4 Å². The van der Waals surface area contributed by atoms with E-state index in [1.807, 2.05) is 4.57 Å². The van der Waals surface area contributed by atoms with E-state index in [2.05, 4.69) is 25.9 Å². The van der Waals surface area contributed by atoms with Gasteiger partial charge in [-0.2, -0.15) is 5.10 Å². The minimum absolute atomic E-state index is 0.0219. The number of nitrogens with zero attached hydrogens (tertiary/aromatic N) is 5. The number of anilines is 2. The number of carbonyl (C=O) groups excluding carboxylic acids is 2. The van der Waals surface area contributed by atoms with Crippen LogP contribution in [0.2, 0.25) is 0 Å². The molecule has 1 unspecified atom stereocenters. The molecule has 3 heterocycles. The van der Waals surface area contributed by atoms with Gasteiger partial charge in [0.1, 0.15) is 23.6 Å². The van der Waals surface area contributed by atoms with Crippen molar-refractivity contribution in [2.45, 2.75) is 82.7 Å². The van der Waals surface area contributed by atoms with E-state index in [0.29, 0.717) is 41.0 Å². The molecule has 0 bridgehead atoms. The van der Waals surface area contributed by atoms with Crippen molar-refractivity contribution >= 4 is 34.8 Å². The lowest BCUT2D eigenvalue weighted by molar-refractivity contribution is -0.119. The van der Waals surface area contributed by atoms with E-state index in [1.54, 1.807) is 24.7 Å². The normalized spacial score (nSPS) is 26.1. The minimum atomic E-state index is -2.67.